The first-order chi connectivity index (χ1) is 8.54. The third-order valence-electron chi connectivity index (χ3n) is 2.65. The molecule has 1 atom stereocenters. The summed E-state index contributed by atoms with van der Waals surface area (Å²) >= 11 is 1.24. The number of nitrogens with zero attached hydrogens (tertiary/aromatic N) is 1. The number of nitrogens with one attached hydrogen (secondary N) is 1. The Labute approximate surface area is 106 Å². The van der Waals surface area contributed by atoms with Gasteiger partial charge in [0.15, 0.2) is 17.5 Å². The maximum Gasteiger partial charge on any atom is 0.195 e. The van der Waals surface area contributed by atoms with E-state index in [1.807, 2.05) is 6.92 Å². The summed E-state index contributed by atoms with van der Waals surface area (Å²) in [6.45, 7) is 1.93. The van der Waals surface area contributed by atoms with Gasteiger partial charge < -0.3 is 5.32 Å². The van der Waals surface area contributed by atoms with Crippen molar-refractivity contribution in [2.75, 3.05) is 7.05 Å². The molecule has 1 unspecified atom stereocenters. The Balaban J connectivity index is 2.43. The average Bonchev–Trinajstić information content (AvgIpc) is 2.84. The van der Waals surface area contributed by atoms with Crippen LogP contribution in [0.25, 0.3) is 10.6 Å². The van der Waals surface area contributed by atoms with Crippen LogP contribution < -0.4 is 5.32 Å². The van der Waals surface area contributed by atoms with Crippen LogP contribution in [0, 0.1) is 17.5 Å². The maximum atomic E-state index is 13.6. The molecule has 0 aliphatic carbocycles. The number of aromatic nitrogens is 1. The van der Waals surface area contributed by atoms with Crippen LogP contribution in [0.3, 0.4) is 0 Å². The van der Waals surface area contributed by atoms with Crippen LogP contribution in [-0.2, 0) is 0 Å². The van der Waals surface area contributed by atoms with Crippen molar-refractivity contribution in [1.29, 1.82) is 0 Å². The van der Waals surface area contributed by atoms with E-state index in [1.54, 1.807) is 13.2 Å². The lowest BCUT2D eigenvalue weighted by atomic mass is 10.2. The molecule has 1 heterocycles. The molecule has 2 nitrogen and oxygen atoms in total. The highest BCUT2D eigenvalue weighted by molar-refractivity contribution is 7.15. The van der Waals surface area contributed by atoms with E-state index in [0.29, 0.717) is 5.01 Å². The molecule has 18 heavy (non-hydrogen) atoms. The smallest absolute Gasteiger partial charge is 0.195 e. The van der Waals surface area contributed by atoms with Crippen LogP contribution in [0.2, 0.25) is 0 Å². The van der Waals surface area contributed by atoms with Crippen molar-refractivity contribution in [3.63, 3.8) is 0 Å². The lowest BCUT2D eigenvalue weighted by Crippen LogP contribution is -2.10. The third kappa shape index (κ3) is 2.26. The fraction of sp³-hybridized carbons (Fsp3) is 0.250. The normalized spacial score (nSPS) is 12.7. The summed E-state index contributed by atoms with van der Waals surface area (Å²) in [5.41, 5.74) is -0.0200. The first-order valence-corrected chi connectivity index (χ1v) is 6.13. The van der Waals surface area contributed by atoms with Gasteiger partial charge in [0.25, 0.3) is 0 Å². The van der Waals surface area contributed by atoms with Crippen molar-refractivity contribution < 1.29 is 13.2 Å². The zero-order valence-corrected chi connectivity index (χ0v) is 10.6. The fourth-order valence-corrected chi connectivity index (χ4v) is 2.44. The Kier molecular flexibility index (Phi) is 3.68. The van der Waals surface area contributed by atoms with Crippen LogP contribution in [0.5, 0.6) is 0 Å². The molecule has 96 valence electrons. The van der Waals surface area contributed by atoms with Gasteiger partial charge in [0.2, 0.25) is 0 Å². The van der Waals surface area contributed by atoms with E-state index in [2.05, 4.69) is 10.3 Å². The van der Waals surface area contributed by atoms with Crippen molar-refractivity contribution in [3.05, 3.63) is 40.7 Å². The summed E-state index contributed by atoms with van der Waals surface area (Å²) < 4.78 is 39.5. The van der Waals surface area contributed by atoms with E-state index >= 15 is 0 Å². The number of benzene rings is 1. The van der Waals surface area contributed by atoms with Crippen LogP contribution in [0.1, 0.15) is 17.8 Å². The quantitative estimate of drug-likeness (QED) is 0.865. The van der Waals surface area contributed by atoms with E-state index in [1.165, 1.54) is 17.4 Å². The lowest BCUT2D eigenvalue weighted by molar-refractivity contribution is 0.449. The molecule has 0 saturated heterocycles. The summed E-state index contributed by atoms with van der Waals surface area (Å²) in [6.07, 6.45) is 1.60. The van der Waals surface area contributed by atoms with Crippen molar-refractivity contribution in [2.24, 2.45) is 0 Å². The van der Waals surface area contributed by atoms with Gasteiger partial charge in [-0.15, -0.1) is 11.3 Å². The zero-order valence-electron chi connectivity index (χ0n) is 9.80. The summed E-state index contributed by atoms with van der Waals surface area (Å²) in [7, 11) is 1.79. The number of rotatable bonds is 3. The van der Waals surface area contributed by atoms with Crippen molar-refractivity contribution in [2.45, 2.75) is 13.0 Å². The minimum absolute atomic E-state index is 0.0200. The summed E-state index contributed by atoms with van der Waals surface area (Å²) in [5.74, 6) is -3.87. The zero-order chi connectivity index (χ0) is 13.3. The minimum atomic E-state index is -1.47. The molecule has 0 radical (unpaired) electrons. The summed E-state index contributed by atoms with van der Waals surface area (Å²) in [5, 5.41) is 3.36. The first kappa shape index (κ1) is 13.0. The van der Waals surface area contributed by atoms with Gasteiger partial charge in [0.1, 0.15) is 5.01 Å². The van der Waals surface area contributed by atoms with Crippen molar-refractivity contribution in [1.82, 2.24) is 10.3 Å². The molecular formula is C12H11F3N2S. The van der Waals surface area contributed by atoms with Crippen LogP contribution in [0.4, 0.5) is 13.2 Å². The number of thiazole rings is 1. The van der Waals surface area contributed by atoms with Gasteiger partial charge in [-0.05, 0) is 26.1 Å². The monoisotopic (exact) mass is 272 g/mol. The first-order valence-electron chi connectivity index (χ1n) is 5.31. The molecule has 0 spiro atoms. The molecule has 0 saturated carbocycles. The van der Waals surface area contributed by atoms with Crippen molar-refractivity contribution in [3.8, 4) is 10.6 Å². The number of hydrogen-bond acceptors (Lipinski definition) is 3. The standard InChI is InChI=1S/C12H11F3N2S/c1-6(16-2)9-5-17-12(18-9)7-3-4-8(13)11(15)10(7)14/h3-6,16H,1-2H3. The molecule has 0 fully saturated rings. The largest absolute Gasteiger partial charge is 0.312 e. The highest BCUT2D eigenvalue weighted by atomic mass is 32.1. The van der Waals surface area contributed by atoms with Gasteiger partial charge in [-0.3, -0.25) is 0 Å². The highest BCUT2D eigenvalue weighted by Crippen LogP contribution is 2.31. The third-order valence-corrected chi connectivity index (χ3v) is 3.86. The molecule has 0 aliphatic heterocycles. The predicted octanol–water partition coefficient (Wildman–Crippen LogP) is 3.51. The molecule has 0 amide bonds. The molecular weight excluding hydrogens is 261 g/mol. The Morgan fingerprint density at radius 3 is 2.61 bits per heavy atom. The molecule has 0 bridgehead atoms. The fourth-order valence-electron chi connectivity index (χ4n) is 1.44. The molecule has 1 N–H and O–H groups in total. The van der Waals surface area contributed by atoms with Crippen LogP contribution in [-0.4, -0.2) is 12.0 Å². The summed E-state index contributed by atoms with van der Waals surface area (Å²) in [6, 6.07) is 2.17. The van der Waals surface area contributed by atoms with Gasteiger partial charge in [-0.1, -0.05) is 0 Å². The minimum Gasteiger partial charge on any atom is -0.312 e. The van der Waals surface area contributed by atoms with E-state index in [0.717, 1.165) is 10.9 Å². The van der Waals surface area contributed by atoms with Crippen molar-refractivity contribution >= 4 is 11.3 Å². The van der Waals surface area contributed by atoms with Gasteiger partial charge in [-0.2, -0.15) is 0 Å². The Bertz CT molecular complexity index is 568. The SMILES string of the molecule is CNC(C)c1cnc(-c2ccc(F)c(F)c2F)s1. The van der Waals surface area contributed by atoms with E-state index < -0.39 is 17.5 Å². The molecule has 0 aliphatic rings. The number of hydrogen-bond donors (Lipinski definition) is 1. The lowest BCUT2D eigenvalue weighted by Gasteiger charge is -2.05. The topological polar surface area (TPSA) is 24.9 Å². The average molecular weight is 272 g/mol. The second-order valence-electron chi connectivity index (χ2n) is 3.80. The molecule has 1 aromatic heterocycles. The van der Waals surface area contributed by atoms with E-state index in [-0.39, 0.29) is 11.6 Å². The number of halogens is 3. The molecule has 6 heteroatoms. The predicted molar refractivity (Wildman–Crippen MR) is 64.9 cm³/mol. The molecule has 1 aromatic carbocycles. The second-order valence-corrected chi connectivity index (χ2v) is 4.86. The Morgan fingerprint density at radius 1 is 1.22 bits per heavy atom. The van der Waals surface area contributed by atoms with Crippen LogP contribution in [0.15, 0.2) is 18.3 Å². The Morgan fingerprint density at radius 2 is 1.94 bits per heavy atom. The molecule has 2 aromatic rings. The van der Waals surface area contributed by atoms with Gasteiger partial charge in [0, 0.05) is 22.7 Å². The van der Waals surface area contributed by atoms with Gasteiger partial charge in [0.05, 0.1) is 0 Å². The molecule has 2 rings (SSSR count). The van der Waals surface area contributed by atoms with Gasteiger partial charge in [-0.25, -0.2) is 18.2 Å². The van der Waals surface area contributed by atoms with E-state index in [4.69, 9.17) is 0 Å². The highest BCUT2D eigenvalue weighted by Gasteiger charge is 2.17. The maximum absolute atomic E-state index is 13.6. The van der Waals surface area contributed by atoms with Crippen LogP contribution >= 0.6 is 11.3 Å². The van der Waals surface area contributed by atoms with Gasteiger partial charge >= 0.3 is 0 Å². The van der Waals surface area contributed by atoms with E-state index in [9.17, 15) is 13.2 Å². The summed E-state index contributed by atoms with van der Waals surface area (Å²) in [4.78, 5) is 4.94. The second kappa shape index (κ2) is 5.07. The Hall–Kier alpha value is -1.40.